The van der Waals surface area contributed by atoms with E-state index in [9.17, 15) is 9.59 Å². The van der Waals surface area contributed by atoms with Crippen molar-refractivity contribution < 1.29 is 14.3 Å². The number of hydrogen-bond acceptors (Lipinski definition) is 5. The smallest absolute Gasteiger partial charge is 0.316 e. The number of carbonyl (C=O) groups excluding carboxylic acids is 2. The van der Waals surface area contributed by atoms with Crippen molar-refractivity contribution in [3.63, 3.8) is 0 Å². The second-order valence-electron chi connectivity index (χ2n) is 5.40. The van der Waals surface area contributed by atoms with Gasteiger partial charge in [-0.25, -0.2) is 0 Å². The van der Waals surface area contributed by atoms with E-state index in [0.717, 1.165) is 16.9 Å². The molecule has 1 aromatic carbocycles. The Morgan fingerprint density at radius 3 is 2.79 bits per heavy atom. The Morgan fingerprint density at radius 2 is 2.08 bits per heavy atom. The molecule has 0 saturated carbocycles. The number of carbonyl (C=O) groups is 2. The van der Waals surface area contributed by atoms with Crippen LogP contribution in [0.3, 0.4) is 0 Å². The molecule has 0 saturated heterocycles. The Kier molecular flexibility index (Phi) is 7.34. The highest BCUT2D eigenvalue weighted by atomic mass is 32.2. The van der Waals surface area contributed by atoms with Crippen molar-refractivity contribution in [2.75, 3.05) is 18.9 Å². The predicted octanol–water partition coefficient (Wildman–Crippen LogP) is 3.36. The lowest BCUT2D eigenvalue weighted by molar-refractivity contribution is -0.145. The third-order valence-electron chi connectivity index (χ3n) is 3.31. The Balaban J connectivity index is 1.62. The molecule has 1 aromatic heterocycles. The fraction of sp³-hybridized carbons (Fsp3) is 0.333. The van der Waals surface area contributed by atoms with Gasteiger partial charge in [0.15, 0.2) is 6.61 Å². The van der Waals surface area contributed by atoms with Gasteiger partial charge in [-0.05, 0) is 43.3 Å². The quantitative estimate of drug-likeness (QED) is 0.577. The van der Waals surface area contributed by atoms with E-state index in [4.69, 9.17) is 4.74 Å². The number of aryl methyl sites for hydroxylation is 2. The molecule has 0 radical (unpaired) electrons. The van der Waals surface area contributed by atoms with Crippen LogP contribution < -0.4 is 5.32 Å². The van der Waals surface area contributed by atoms with Crippen molar-refractivity contribution in [1.82, 2.24) is 5.32 Å². The van der Waals surface area contributed by atoms with Gasteiger partial charge in [-0.2, -0.15) is 0 Å². The van der Waals surface area contributed by atoms with Crippen LogP contribution in [0, 0.1) is 13.8 Å². The largest absolute Gasteiger partial charge is 0.455 e. The summed E-state index contributed by atoms with van der Waals surface area (Å²) in [5.41, 5.74) is 2.33. The zero-order valence-electron chi connectivity index (χ0n) is 13.8. The minimum absolute atomic E-state index is 0.201. The molecular formula is C18H21NO3S2. The summed E-state index contributed by atoms with van der Waals surface area (Å²) in [4.78, 5) is 25.7. The van der Waals surface area contributed by atoms with Gasteiger partial charge in [-0.3, -0.25) is 9.59 Å². The number of nitrogens with one attached hydrogen (secondary N) is 1. The lowest BCUT2D eigenvalue weighted by atomic mass is 10.2. The van der Waals surface area contributed by atoms with Crippen molar-refractivity contribution >= 4 is 35.0 Å². The molecule has 0 aliphatic carbocycles. The van der Waals surface area contributed by atoms with Crippen LogP contribution in [-0.4, -0.2) is 30.8 Å². The van der Waals surface area contributed by atoms with Gasteiger partial charge in [0.05, 0.1) is 5.75 Å². The van der Waals surface area contributed by atoms with Crippen LogP contribution in [0.5, 0.6) is 0 Å². The Morgan fingerprint density at radius 1 is 1.25 bits per heavy atom. The molecule has 0 fully saturated rings. The maximum atomic E-state index is 11.7. The highest BCUT2D eigenvalue weighted by Gasteiger charge is 2.09. The van der Waals surface area contributed by atoms with Crippen LogP contribution in [0.15, 0.2) is 40.6 Å². The molecule has 2 aromatic rings. The molecule has 0 spiro atoms. The number of benzene rings is 1. The van der Waals surface area contributed by atoms with Crippen LogP contribution in [0.2, 0.25) is 0 Å². The van der Waals surface area contributed by atoms with Crippen molar-refractivity contribution in [2.45, 2.75) is 25.2 Å². The average Bonchev–Trinajstić information content (AvgIpc) is 3.05. The molecule has 4 nitrogen and oxygen atoms in total. The van der Waals surface area contributed by atoms with Gasteiger partial charge >= 0.3 is 5.97 Å². The van der Waals surface area contributed by atoms with Gasteiger partial charge in [0.2, 0.25) is 0 Å². The lowest BCUT2D eigenvalue weighted by Gasteiger charge is -2.08. The van der Waals surface area contributed by atoms with Crippen LogP contribution in [0.4, 0.5) is 0 Å². The Bertz CT molecular complexity index is 684. The van der Waals surface area contributed by atoms with Crippen molar-refractivity contribution in [3.05, 3.63) is 51.7 Å². The van der Waals surface area contributed by atoms with E-state index in [1.54, 1.807) is 11.3 Å². The molecule has 0 atom stereocenters. The first-order valence-electron chi connectivity index (χ1n) is 7.69. The minimum Gasteiger partial charge on any atom is -0.455 e. The molecule has 0 aliphatic heterocycles. The third kappa shape index (κ3) is 6.37. The fourth-order valence-corrected chi connectivity index (χ4v) is 3.63. The molecule has 6 heteroatoms. The molecule has 128 valence electrons. The fourth-order valence-electron chi connectivity index (χ4n) is 2.12. The molecule has 1 heterocycles. The SMILES string of the molecule is Cc1ccc(SCC(=O)OCC(=O)NCCc2cccs2)c(C)c1. The Hall–Kier alpha value is -1.79. The summed E-state index contributed by atoms with van der Waals surface area (Å²) in [7, 11) is 0. The molecule has 0 unspecified atom stereocenters. The zero-order valence-corrected chi connectivity index (χ0v) is 15.5. The second kappa shape index (κ2) is 9.49. The van der Waals surface area contributed by atoms with E-state index in [1.807, 2.05) is 43.5 Å². The summed E-state index contributed by atoms with van der Waals surface area (Å²) in [6.45, 7) is 4.37. The van der Waals surface area contributed by atoms with Gasteiger partial charge in [0.1, 0.15) is 0 Å². The first kappa shape index (κ1) is 18.5. The van der Waals surface area contributed by atoms with Crippen LogP contribution in [0.1, 0.15) is 16.0 Å². The first-order valence-corrected chi connectivity index (χ1v) is 9.56. The molecule has 0 aliphatic rings. The lowest BCUT2D eigenvalue weighted by Crippen LogP contribution is -2.30. The first-order chi connectivity index (χ1) is 11.5. The summed E-state index contributed by atoms with van der Waals surface area (Å²) in [5.74, 6) is -0.448. The molecule has 1 amide bonds. The van der Waals surface area contributed by atoms with Gasteiger partial charge in [0.25, 0.3) is 5.91 Å². The monoisotopic (exact) mass is 363 g/mol. The van der Waals surface area contributed by atoms with E-state index in [-0.39, 0.29) is 24.2 Å². The number of thiophene rings is 1. The Labute approximate surface area is 150 Å². The van der Waals surface area contributed by atoms with E-state index in [2.05, 4.69) is 11.4 Å². The molecule has 1 N–H and O–H groups in total. The highest BCUT2D eigenvalue weighted by molar-refractivity contribution is 8.00. The standard InChI is InChI=1S/C18H21NO3S2/c1-13-5-6-16(14(2)10-13)24-12-18(21)22-11-17(20)19-8-7-15-4-3-9-23-15/h3-6,9-10H,7-8,11-12H2,1-2H3,(H,19,20). The number of ether oxygens (including phenoxy) is 1. The van der Waals surface area contributed by atoms with Gasteiger partial charge < -0.3 is 10.1 Å². The number of amides is 1. The van der Waals surface area contributed by atoms with E-state index < -0.39 is 0 Å². The van der Waals surface area contributed by atoms with Crippen LogP contribution >= 0.6 is 23.1 Å². The van der Waals surface area contributed by atoms with Crippen LogP contribution in [0.25, 0.3) is 0 Å². The van der Waals surface area contributed by atoms with Crippen molar-refractivity contribution in [3.8, 4) is 0 Å². The van der Waals surface area contributed by atoms with Gasteiger partial charge in [0, 0.05) is 16.3 Å². The maximum Gasteiger partial charge on any atom is 0.316 e. The predicted molar refractivity (Wildman–Crippen MR) is 98.6 cm³/mol. The summed E-state index contributed by atoms with van der Waals surface area (Å²) in [6.07, 6.45) is 0.792. The van der Waals surface area contributed by atoms with Crippen molar-refractivity contribution in [2.24, 2.45) is 0 Å². The van der Waals surface area contributed by atoms with E-state index in [0.29, 0.717) is 6.54 Å². The third-order valence-corrected chi connectivity index (χ3v) is 5.40. The summed E-state index contributed by atoms with van der Waals surface area (Å²) in [5, 5.41) is 4.76. The number of rotatable bonds is 8. The normalized spacial score (nSPS) is 10.4. The summed E-state index contributed by atoms with van der Waals surface area (Å²) < 4.78 is 5.01. The summed E-state index contributed by atoms with van der Waals surface area (Å²) in [6, 6.07) is 10.1. The average molecular weight is 364 g/mol. The summed E-state index contributed by atoms with van der Waals surface area (Å²) >= 11 is 3.09. The second-order valence-corrected chi connectivity index (χ2v) is 7.45. The van der Waals surface area contributed by atoms with E-state index in [1.165, 1.54) is 22.2 Å². The molecular weight excluding hydrogens is 342 g/mol. The van der Waals surface area contributed by atoms with Gasteiger partial charge in [-0.15, -0.1) is 23.1 Å². The molecule has 24 heavy (non-hydrogen) atoms. The van der Waals surface area contributed by atoms with Crippen molar-refractivity contribution in [1.29, 1.82) is 0 Å². The highest BCUT2D eigenvalue weighted by Crippen LogP contribution is 2.23. The maximum absolute atomic E-state index is 11.7. The molecule has 2 rings (SSSR count). The number of hydrogen-bond donors (Lipinski definition) is 1. The number of esters is 1. The minimum atomic E-state index is -0.381. The topological polar surface area (TPSA) is 55.4 Å². The molecule has 0 bridgehead atoms. The van der Waals surface area contributed by atoms with Gasteiger partial charge in [-0.1, -0.05) is 23.8 Å². The van der Waals surface area contributed by atoms with Crippen LogP contribution in [-0.2, 0) is 20.7 Å². The zero-order chi connectivity index (χ0) is 17.4. The van der Waals surface area contributed by atoms with E-state index >= 15 is 0 Å². The number of thioether (sulfide) groups is 1.